The topological polar surface area (TPSA) is 26.8 Å². The van der Waals surface area contributed by atoms with Gasteiger partial charge in [-0.25, -0.2) is 0 Å². The SMILES string of the molecule is CC(C)(C)N(C=O)CCCCN1CCN(c2cccc3sccc23)CC1. The Labute approximate surface area is 161 Å². The molecule has 1 amide bonds. The number of rotatable bonds is 7. The molecule has 5 heteroatoms. The second-order valence-corrected chi connectivity index (χ2v) is 9.06. The lowest BCUT2D eigenvalue weighted by molar-refractivity contribution is -0.122. The van der Waals surface area contributed by atoms with E-state index in [4.69, 9.17) is 0 Å². The fraction of sp³-hybridized carbons (Fsp3) is 0.571. The van der Waals surface area contributed by atoms with Crippen LogP contribution < -0.4 is 4.90 Å². The molecule has 1 aliphatic rings. The Bertz CT molecular complexity index is 713. The summed E-state index contributed by atoms with van der Waals surface area (Å²) in [5.74, 6) is 0. The average molecular weight is 374 g/mol. The van der Waals surface area contributed by atoms with Gasteiger partial charge in [0.1, 0.15) is 0 Å². The molecule has 2 aromatic rings. The summed E-state index contributed by atoms with van der Waals surface area (Å²) >= 11 is 1.82. The van der Waals surface area contributed by atoms with E-state index in [0.29, 0.717) is 0 Å². The van der Waals surface area contributed by atoms with Crippen LogP contribution in [0, 0.1) is 0 Å². The largest absolute Gasteiger partial charge is 0.368 e. The van der Waals surface area contributed by atoms with E-state index in [1.807, 2.05) is 16.2 Å². The smallest absolute Gasteiger partial charge is 0.210 e. The van der Waals surface area contributed by atoms with Crippen molar-refractivity contribution in [2.75, 3.05) is 44.2 Å². The first kappa shape index (κ1) is 19.2. The summed E-state index contributed by atoms with van der Waals surface area (Å²) in [5.41, 5.74) is 1.31. The fourth-order valence-electron chi connectivity index (χ4n) is 3.63. The third-order valence-electron chi connectivity index (χ3n) is 5.30. The minimum absolute atomic E-state index is 0.0734. The van der Waals surface area contributed by atoms with Crippen molar-refractivity contribution in [3.63, 3.8) is 0 Å². The maximum absolute atomic E-state index is 11.2. The Morgan fingerprint density at radius 3 is 2.58 bits per heavy atom. The van der Waals surface area contributed by atoms with E-state index < -0.39 is 0 Å². The minimum atomic E-state index is -0.0734. The molecule has 0 N–H and O–H groups in total. The summed E-state index contributed by atoms with van der Waals surface area (Å²) in [4.78, 5) is 18.2. The van der Waals surface area contributed by atoms with E-state index in [1.165, 1.54) is 15.8 Å². The van der Waals surface area contributed by atoms with Gasteiger partial charge >= 0.3 is 0 Å². The van der Waals surface area contributed by atoms with Gasteiger partial charge in [0.25, 0.3) is 0 Å². The van der Waals surface area contributed by atoms with Crippen molar-refractivity contribution in [1.82, 2.24) is 9.80 Å². The molecule has 0 saturated carbocycles. The number of nitrogens with zero attached hydrogens (tertiary/aromatic N) is 3. The first-order chi connectivity index (χ1) is 12.5. The highest BCUT2D eigenvalue weighted by Crippen LogP contribution is 2.31. The molecule has 2 heterocycles. The number of benzene rings is 1. The molecule has 0 bridgehead atoms. The van der Waals surface area contributed by atoms with Crippen LogP contribution in [0.2, 0.25) is 0 Å². The normalized spacial score (nSPS) is 16.2. The lowest BCUT2D eigenvalue weighted by Crippen LogP contribution is -2.47. The van der Waals surface area contributed by atoms with Gasteiger partial charge < -0.3 is 9.80 Å². The number of hydrogen-bond donors (Lipinski definition) is 0. The van der Waals surface area contributed by atoms with Crippen LogP contribution in [-0.2, 0) is 4.79 Å². The quantitative estimate of drug-likeness (QED) is 0.541. The summed E-state index contributed by atoms with van der Waals surface area (Å²) in [6.07, 6.45) is 3.22. The van der Waals surface area contributed by atoms with Crippen LogP contribution in [0.1, 0.15) is 33.6 Å². The zero-order chi connectivity index (χ0) is 18.6. The highest BCUT2D eigenvalue weighted by molar-refractivity contribution is 7.17. The number of fused-ring (bicyclic) bond motifs is 1. The number of unbranched alkanes of at least 4 members (excludes halogenated alkanes) is 1. The number of carbonyl (C=O) groups excluding carboxylic acids is 1. The lowest BCUT2D eigenvalue weighted by atomic mass is 10.1. The number of carbonyl (C=O) groups is 1. The van der Waals surface area contributed by atoms with E-state index in [1.54, 1.807) is 0 Å². The lowest BCUT2D eigenvalue weighted by Gasteiger charge is -2.37. The third kappa shape index (κ3) is 4.57. The Kier molecular flexibility index (Phi) is 6.20. The van der Waals surface area contributed by atoms with Crippen molar-refractivity contribution in [3.8, 4) is 0 Å². The van der Waals surface area contributed by atoms with Gasteiger partial charge in [0, 0.05) is 54.0 Å². The van der Waals surface area contributed by atoms with E-state index in [-0.39, 0.29) is 5.54 Å². The monoisotopic (exact) mass is 373 g/mol. The maximum Gasteiger partial charge on any atom is 0.210 e. The minimum Gasteiger partial charge on any atom is -0.368 e. The Morgan fingerprint density at radius 2 is 1.88 bits per heavy atom. The zero-order valence-corrected chi connectivity index (χ0v) is 17.1. The standard InChI is InChI=1S/C21H31N3OS/c1-21(2,3)24(17-25)11-5-4-10-22-12-14-23(15-13-22)19-7-6-8-20-18(19)9-16-26-20/h6-9,16-17H,4-5,10-15H2,1-3H3. The molecule has 0 unspecified atom stereocenters. The summed E-state index contributed by atoms with van der Waals surface area (Å²) in [6, 6.07) is 8.88. The molecule has 0 atom stereocenters. The van der Waals surface area contributed by atoms with Gasteiger partial charge in [-0.05, 0) is 63.7 Å². The van der Waals surface area contributed by atoms with Gasteiger partial charge in [-0.1, -0.05) is 6.07 Å². The highest BCUT2D eigenvalue weighted by Gasteiger charge is 2.20. The summed E-state index contributed by atoms with van der Waals surface area (Å²) in [6.45, 7) is 12.7. The summed E-state index contributed by atoms with van der Waals surface area (Å²) in [7, 11) is 0. The molecular weight excluding hydrogens is 342 g/mol. The van der Waals surface area contributed by atoms with Crippen molar-refractivity contribution in [2.45, 2.75) is 39.2 Å². The molecule has 0 aliphatic carbocycles. The van der Waals surface area contributed by atoms with E-state index in [9.17, 15) is 4.79 Å². The Morgan fingerprint density at radius 1 is 1.12 bits per heavy atom. The van der Waals surface area contributed by atoms with E-state index in [0.717, 1.165) is 58.5 Å². The number of thiophene rings is 1. The first-order valence-corrected chi connectivity index (χ1v) is 10.5. The van der Waals surface area contributed by atoms with Gasteiger partial charge in [-0.3, -0.25) is 9.69 Å². The maximum atomic E-state index is 11.2. The molecule has 26 heavy (non-hydrogen) atoms. The average Bonchev–Trinajstić information content (AvgIpc) is 3.10. The van der Waals surface area contributed by atoms with Crippen LogP contribution in [-0.4, -0.2) is 61.0 Å². The summed E-state index contributed by atoms with van der Waals surface area (Å²) in [5, 5.41) is 3.58. The fourth-order valence-corrected chi connectivity index (χ4v) is 4.44. The van der Waals surface area contributed by atoms with Crippen molar-refractivity contribution >= 4 is 33.5 Å². The molecule has 142 valence electrons. The number of amides is 1. The molecule has 3 rings (SSSR count). The molecule has 1 aromatic carbocycles. The van der Waals surface area contributed by atoms with Gasteiger partial charge in [-0.15, -0.1) is 11.3 Å². The predicted octanol–water partition coefficient (Wildman–Crippen LogP) is 4.06. The van der Waals surface area contributed by atoms with Crippen molar-refractivity contribution < 1.29 is 4.79 Å². The molecule has 1 aromatic heterocycles. The van der Waals surface area contributed by atoms with Gasteiger partial charge in [0.2, 0.25) is 6.41 Å². The number of anilines is 1. The molecule has 1 saturated heterocycles. The number of piperazine rings is 1. The molecule has 1 aliphatic heterocycles. The third-order valence-corrected chi connectivity index (χ3v) is 6.18. The zero-order valence-electron chi connectivity index (χ0n) is 16.3. The summed E-state index contributed by atoms with van der Waals surface area (Å²) < 4.78 is 1.38. The molecule has 1 fully saturated rings. The first-order valence-electron chi connectivity index (χ1n) is 9.64. The Balaban J connectivity index is 1.43. The van der Waals surface area contributed by atoms with Crippen LogP contribution in [0.4, 0.5) is 5.69 Å². The van der Waals surface area contributed by atoms with Gasteiger partial charge in [-0.2, -0.15) is 0 Å². The Hall–Kier alpha value is -1.59. The van der Waals surface area contributed by atoms with Crippen LogP contribution in [0.3, 0.4) is 0 Å². The van der Waals surface area contributed by atoms with Crippen LogP contribution >= 0.6 is 11.3 Å². The van der Waals surface area contributed by atoms with Crippen LogP contribution in [0.15, 0.2) is 29.6 Å². The molecule has 4 nitrogen and oxygen atoms in total. The van der Waals surface area contributed by atoms with Gasteiger partial charge in [0.05, 0.1) is 0 Å². The molecule has 0 spiro atoms. The highest BCUT2D eigenvalue weighted by atomic mass is 32.1. The molecular formula is C21H31N3OS. The van der Waals surface area contributed by atoms with Crippen LogP contribution in [0.5, 0.6) is 0 Å². The van der Waals surface area contributed by atoms with Crippen molar-refractivity contribution in [2.24, 2.45) is 0 Å². The second-order valence-electron chi connectivity index (χ2n) is 8.11. The van der Waals surface area contributed by atoms with Crippen molar-refractivity contribution in [1.29, 1.82) is 0 Å². The second kappa shape index (κ2) is 8.40. The van der Waals surface area contributed by atoms with Crippen LogP contribution in [0.25, 0.3) is 10.1 Å². The van der Waals surface area contributed by atoms with Gasteiger partial charge in [0.15, 0.2) is 0 Å². The predicted molar refractivity (Wildman–Crippen MR) is 112 cm³/mol. The van der Waals surface area contributed by atoms with Crippen molar-refractivity contribution in [3.05, 3.63) is 29.6 Å². The van der Waals surface area contributed by atoms with E-state index in [2.05, 4.69) is 60.2 Å². The van der Waals surface area contributed by atoms with E-state index >= 15 is 0 Å². The number of hydrogen-bond acceptors (Lipinski definition) is 4. The molecule has 0 radical (unpaired) electrons.